The largest absolute Gasteiger partial charge is 0.399 e. The molecule has 3 N–H and O–H groups in total. The van der Waals surface area contributed by atoms with Gasteiger partial charge in [-0.2, -0.15) is 0 Å². The molecule has 12 heavy (non-hydrogen) atoms. The third-order valence-corrected chi connectivity index (χ3v) is 2.82. The Morgan fingerprint density at radius 2 is 2.17 bits per heavy atom. The Kier molecular flexibility index (Phi) is 2.12. The van der Waals surface area contributed by atoms with Gasteiger partial charge in [0, 0.05) is 21.0 Å². The van der Waals surface area contributed by atoms with Crippen LogP contribution in [-0.4, -0.2) is 6.04 Å². The molecule has 2 rings (SSSR count). The van der Waals surface area contributed by atoms with Crippen molar-refractivity contribution in [2.24, 2.45) is 0 Å². The number of anilines is 2. The Morgan fingerprint density at radius 1 is 1.42 bits per heavy atom. The van der Waals surface area contributed by atoms with E-state index in [2.05, 4.69) is 34.0 Å². The Morgan fingerprint density at radius 3 is 2.75 bits per heavy atom. The summed E-state index contributed by atoms with van der Waals surface area (Å²) in [5.74, 6) is 0. The fourth-order valence-electron chi connectivity index (χ4n) is 1.10. The predicted octanol–water partition coefficient (Wildman–Crippen LogP) is 2.45. The van der Waals surface area contributed by atoms with Crippen molar-refractivity contribution in [2.75, 3.05) is 11.1 Å². The highest BCUT2D eigenvalue weighted by Gasteiger charge is 2.21. The predicted molar refractivity (Wildman–Crippen MR) is 60.2 cm³/mol. The number of nitrogens with one attached hydrogen (secondary N) is 1. The molecule has 3 heteroatoms. The number of benzene rings is 1. The van der Waals surface area contributed by atoms with Gasteiger partial charge in [0.1, 0.15) is 0 Å². The van der Waals surface area contributed by atoms with Crippen molar-refractivity contribution in [3.8, 4) is 0 Å². The Balaban J connectivity index is 2.18. The highest BCUT2D eigenvalue weighted by atomic mass is 127. The molecule has 1 aromatic rings. The molecule has 1 aromatic carbocycles. The summed E-state index contributed by atoms with van der Waals surface area (Å²) in [4.78, 5) is 0. The average molecular weight is 274 g/mol. The van der Waals surface area contributed by atoms with Gasteiger partial charge in [-0.3, -0.25) is 0 Å². The lowest BCUT2D eigenvalue weighted by atomic mass is 10.3. The maximum absolute atomic E-state index is 5.64. The van der Waals surface area contributed by atoms with Crippen LogP contribution in [0.5, 0.6) is 0 Å². The first-order chi connectivity index (χ1) is 5.75. The van der Waals surface area contributed by atoms with Gasteiger partial charge in [0.15, 0.2) is 0 Å². The zero-order chi connectivity index (χ0) is 8.55. The lowest BCUT2D eigenvalue weighted by molar-refractivity contribution is 1.15. The quantitative estimate of drug-likeness (QED) is 0.642. The van der Waals surface area contributed by atoms with Crippen LogP contribution in [0.15, 0.2) is 18.2 Å². The van der Waals surface area contributed by atoms with Crippen LogP contribution in [0, 0.1) is 3.57 Å². The summed E-state index contributed by atoms with van der Waals surface area (Å²) in [5.41, 5.74) is 7.69. The number of nitrogen functional groups attached to an aromatic ring is 1. The highest BCUT2D eigenvalue weighted by Crippen LogP contribution is 2.28. The number of halogens is 1. The molecule has 0 heterocycles. The number of nitrogens with two attached hydrogens (primary N) is 1. The van der Waals surface area contributed by atoms with Crippen molar-refractivity contribution in [3.05, 3.63) is 21.8 Å². The van der Waals surface area contributed by atoms with Crippen molar-refractivity contribution in [1.82, 2.24) is 0 Å². The van der Waals surface area contributed by atoms with Gasteiger partial charge in [-0.1, -0.05) is 0 Å². The summed E-state index contributed by atoms with van der Waals surface area (Å²) < 4.78 is 1.21. The van der Waals surface area contributed by atoms with E-state index in [0.29, 0.717) is 6.04 Å². The summed E-state index contributed by atoms with van der Waals surface area (Å²) in [7, 11) is 0. The second-order valence-electron chi connectivity index (χ2n) is 3.16. The van der Waals surface area contributed by atoms with Gasteiger partial charge in [-0.25, -0.2) is 0 Å². The van der Waals surface area contributed by atoms with Gasteiger partial charge in [-0.15, -0.1) is 0 Å². The van der Waals surface area contributed by atoms with Crippen molar-refractivity contribution in [1.29, 1.82) is 0 Å². The molecule has 0 aliphatic heterocycles. The molecule has 2 nitrogen and oxygen atoms in total. The van der Waals surface area contributed by atoms with Crippen LogP contribution in [0.4, 0.5) is 11.4 Å². The van der Waals surface area contributed by atoms with Crippen LogP contribution < -0.4 is 11.1 Å². The van der Waals surface area contributed by atoms with Crippen LogP contribution in [0.2, 0.25) is 0 Å². The molecule has 0 amide bonds. The van der Waals surface area contributed by atoms with Gasteiger partial charge in [0.2, 0.25) is 0 Å². The van der Waals surface area contributed by atoms with E-state index in [1.54, 1.807) is 0 Å². The van der Waals surface area contributed by atoms with Crippen LogP contribution >= 0.6 is 22.6 Å². The standard InChI is InChI=1S/C9H11IN2/c10-8-5-6(11)1-4-9(8)12-7-2-3-7/h1,4-5,7,12H,2-3,11H2. The zero-order valence-electron chi connectivity index (χ0n) is 6.68. The van der Waals surface area contributed by atoms with Crippen LogP contribution in [0.1, 0.15) is 12.8 Å². The molecule has 1 aliphatic carbocycles. The molecule has 0 atom stereocenters. The number of hydrogen-bond acceptors (Lipinski definition) is 2. The molecule has 1 saturated carbocycles. The molecule has 0 aromatic heterocycles. The van der Waals surface area contributed by atoms with Crippen molar-refractivity contribution < 1.29 is 0 Å². The fraction of sp³-hybridized carbons (Fsp3) is 0.333. The first-order valence-corrected chi connectivity index (χ1v) is 5.15. The Labute approximate surface area is 85.7 Å². The summed E-state index contributed by atoms with van der Waals surface area (Å²) in [5, 5.41) is 3.45. The highest BCUT2D eigenvalue weighted by molar-refractivity contribution is 14.1. The zero-order valence-corrected chi connectivity index (χ0v) is 8.84. The topological polar surface area (TPSA) is 38.0 Å². The molecule has 0 bridgehead atoms. The van der Waals surface area contributed by atoms with E-state index >= 15 is 0 Å². The van der Waals surface area contributed by atoms with E-state index in [0.717, 1.165) is 5.69 Å². The molecular formula is C9H11IN2. The van der Waals surface area contributed by atoms with Crippen LogP contribution in [0.3, 0.4) is 0 Å². The van der Waals surface area contributed by atoms with Crippen LogP contribution in [-0.2, 0) is 0 Å². The SMILES string of the molecule is Nc1ccc(NC2CC2)c(I)c1. The number of hydrogen-bond donors (Lipinski definition) is 2. The van der Waals surface area contributed by atoms with Crippen molar-refractivity contribution in [3.63, 3.8) is 0 Å². The second kappa shape index (κ2) is 3.12. The minimum absolute atomic E-state index is 0.710. The van der Waals surface area contributed by atoms with E-state index in [1.807, 2.05) is 12.1 Å². The molecule has 1 fully saturated rings. The summed E-state index contributed by atoms with van der Waals surface area (Å²) >= 11 is 2.30. The minimum Gasteiger partial charge on any atom is -0.399 e. The molecular weight excluding hydrogens is 263 g/mol. The van der Waals surface area contributed by atoms with E-state index in [1.165, 1.54) is 22.1 Å². The average Bonchev–Trinajstić information content (AvgIpc) is 2.79. The van der Waals surface area contributed by atoms with Gasteiger partial charge in [-0.05, 0) is 53.6 Å². The third kappa shape index (κ3) is 1.83. The Bertz CT molecular complexity index is 295. The molecule has 64 valence electrons. The monoisotopic (exact) mass is 274 g/mol. The first kappa shape index (κ1) is 8.16. The van der Waals surface area contributed by atoms with Crippen molar-refractivity contribution >= 4 is 34.0 Å². The Hall–Kier alpha value is -0.450. The van der Waals surface area contributed by atoms with E-state index in [4.69, 9.17) is 5.73 Å². The fourth-order valence-corrected chi connectivity index (χ4v) is 1.79. The van der Waals surface area contributed by atoms with Gasteiger partial charge in [0.05, 0.1) is 0 Å². The first-order valence-electron chi connectivity index (χ1n) is 4.07. The molecule has 0 spiro atoms. The van der Waals surface area contributed by atoms with Gasteiger partial charge >= 0.3 is 0 Å². The normalized spacial score (nSPS) is 16.1. The lowest BCUT2D eigenvalue weighted by Crippen LogP contribution is -2.02. The van der Waals surface area contributed by atoms with Gasteiger partial charge < -0.3 is 11.1 Å². The summed E-state index contributed by atoms with van der Waals surface area (Å²) in [6.45, 7) is 0. The molecule has 1 aliphatic rings. The second-order valence-corrected chi connectivity index (χ2v) is 4.32. The maximum Gasteiger partial charge on any atom is 0.0479 e. The minimum atomic E-state index is 0.710. The van der Waals surface area contributed by atoms with E-state index in [9.17, 15) is 0 Å². The van der Waals surface area contributed by atoms with Crippen LogP contribution in [0.25, 0.3) is 0 Å². The molecule has 0 radical (unpaired) electrons. The molecule has 0 unspecified atom stereocenters. The molecule has 0 saturated heterocycles. The van der Waals surface area contributed by atoms with Gasteiger partial charge in [0.25, 0.3) is 0 Å². The third-order valence-electron chi connectivity index (χ3n) is 1.93. The van der Waals surface area contributed by atoms with E-state index < -0.39 is 0 Å². The summed E-state index contributed by atoms with van der Waals surface area (Å²) in [6.07, 6.45) is 2.61. The van der Waals surface area contributed by atoms with Crippen molar-refractivity contribution in [2.45, 2.75) is 18.9 Å². The maximum atomic E-state index is 5.64. The lowest BCUT2D eigenvalue weighted by Gasteiger charge is -2.07. The van der Waals surface area contributed by atoms with E-state index in [-0.39, 0.29) is 0 Å². The number of rotatable bonds is 2. The smallest absolute Gasteiger partial charge is 0.0479 e. The summed E-state index contributed by atoms with van der Waals surface area (Å²) in [6, 6.07) is 6.69.